The van der Waals surface area contributed by atoms with Gasteiger partial charge in [-0.3, -0.25) is 9.79 Å². The van der Waals surface area contributed by atoms with Crippen LogP contribution in [0, 0.1) is 5.92 Å². The standard InChI is InChI=1S/C22H30N6O.HI/c1-17(2)21(29)26-19-9-7-18(8-10-19)16-25-22(23-3)28-14-12-27(13-15-28)20-6-4-5-11-24-20;/h4-11,17H,12-16H2,1-3H3,(H,23,25)(H,26,29);1H. The predicted molar refractivity (Wildman–Crippen MR) is 134 cm³/mol. The van der Waals surface area contributed by atoms with E-state index in [2.05, 4.69) is 36.5 Å². The molecule has 1 saturated heterocycles. The van der Waals surface area contributed by atoms with Crippen molar-refractivity contribution in [2.24, 2.45) is 10.9 Å². The molecular formula is C22H31IN6O. The summed E-state index contributed by atoms with van der Waals surface area (Å²) >= 11 is 0. The molecule has 2 aromatic rings. The van der Waals surface area contributed by atoms with E-state index < -0.39 is 0 Å². The van der Waals surface area contributed by atoms with Gasteiger partial charge in [-0.1, -0.05) is 32.0 Å². The Morgan fingerprint density at radius 2 is 1.80 bits per heavy atom. The SMILES string of the molecule is CN=C(NCc1ccc(NC(=O)C(C)C)cc1)N1CCN(c2ccccn2)CC1.I. The van der Waals surface area contributed by atoms with Crippen LogP contribution in [-0.4, -0.2) is 55.0 Å². The zero-order chi connectivity index (χ0) is 20.6. The van der Waals surface area contributed by atoms with Crippen LogP contribution in [0.5, 0.6) is 0 Å². The summed E-state index contributed by atoms with van der Waals surface area (Å²) in [6.45, 7) is 8.09. The highest BCUT2D eigenvalue weighted by Crippen LogP contribution is 2.13. The summed E-state index contributed by atoms with van der Waals surface area (Å²) in [5, 5.41) is 6.36. The molecule has 7 nitrogen and oxygen atoms in total. The minimum Gasteiger partial charge on any atom is -0.353 e. The van der Waals surface area contributed by atoms with Gasteiger partial charge in [-0.2, -0.15) is 0 Å². The van der Waals surface area contributed by atoms with Crippen molar-refractivity contribution in [3.63, 3.8) is 0 Å². The van der Waals surface area contributed by atoms with Gasteiger partial charge in [0, 0.05) is 57.6 Å². The highest BCUT2D eigenvalue weighted by atomic mass is 127. The number of anilines is 2. The Kier molecular flexibility index (Phi) is 9.35. The molecule has 0 radical (unpaired) electrons. The van der Waals surface area contributed by atoms with Gasteiger partial charge in [-0.25, -0.2) is 4.98 Å². The number of nitrogens with one attached hydrogen (secondary N) is 2. The normalized spacial score (nSPS) is 14.3. The first kappa shape index (κ1) is 23.9. The molecule has 1 aromatic carbocycles. The average Bonchev–Trinajstić information content (AvgIpc) is 2.76. The minimum atomic E-state index is -0.0298. The molecule has 0 bridgehead atoms. The zero-order valence-corrected chi connectivity index (χ0v) is 20.2. The summed E-state index contributed by atoms with van der Waals surface area (Å²) in [6.07, 6.45) is 1.84. The van der Waals surface area contributed by atoms with Crippen LogP contribution in [-0.2, 0) is 11.3 Å². The van der Waals surface area contributed by atoms with Gasteiger partial charge in [0.2, 0.25) is 5.91 Å². The number of rotatable bonds is 5. The van der Waals surface area contributed by atoms with Crippen LogP contribution in [0.3, 0.4) is 0 Å². The Labute approximate surface area is 196 Å². The molecule has 0 saturated carbocycles. The lowest BCUT2D eigenvalue weighted by atomic mass is 10.1. The molecular weight excluding hydrogens is 491 g/mol. The van der Waals surface area contributed by atoms with Crippen molar-refractivity contribution in [3.8, 4) is 0 Å². The Balaban J connectivity index is 0.00000320. The van der Waals surface area contributed by atoms with Crippen molar-refractivity contribution in [1.29, 1.82) is 0 Å². The third-order valence-corrected chi connectivity index (χ3v) is 4.96. The van der Waals surface area contributed by atoms with E-state index in [1.165, 1.54) is 0 Å². The Bertz CT molecular complexity index is 817. The number of carbonyl (C=O) groups excluding carboxylic acids is 1. The van der Waals surface area contributed by atoms with Crippen molar-refractivity contribution in [3.05, 3.63) is 54.2 Å². The zero-order valence-electron chi connectivity index (χ0n) is 17.8. The van der Waals surface area contributed by atoms with E-state index in [1.807, 2.05) is 63.5 Å². The van der Waals surface area contributed by atoms with Crippen molar-refractivity contribution < 1.29 is 4.79 Å². The van der Waals surface area contributed by atoms with Gasteiger partial charge in [0.1, 0.15) is 5.82 Å². The molecule has 2 N–H and O–H groups in total. The largest absolute Gasteiger partial charge is 0.353 e. The first-order valence-electron chi connectivity index (χ1n) is 10.1. The lowest BCUT2D eigenvalue weighted by Gasteiger charge is -2.37. The number of aromatic nitrogens is 1. The number of guanidine groups is 1. The van der Waals surface area contributed by atoms with Crippen LogP contribution in [0.1, 0.15) is 19.4 Å². The van der Waals surface area contributed by atoms with Crippen LogP contribution in [0.25, 0.3) is 0 Å². The molecule has 3 rings (SSSR count). The Hall–Kier alpha value is -2.36. The third-order valence-electron chi connectivity index (χ3n) is 4.96. The average molecular weight is 522 g/mol. The second kappa shape index (κ2) is 11.7. The molecule has 1 amide bonds. The fourth-order valence-corrected chi connectivity index (χ4v) is 3.19. The smallest absolute Gasteiger partial charge is 0.226 e. The van der Waals surface area contributed by atoms with Crippen molar-refractivity contribution >= 4 is 47.3 Å². The number of benzene rings is 1. The van der Waals surface area contributed by atoms with Crippen LogP contribution >= 0.6 is 24.0 Å². The number of halogens is 1. The molecule has 2 heterocycles. The van der Waals surface area contributed by atoms with Gasteiger partial charge in [-0.15, -0.1) is 24.0 Å². The quantitative estimate of drug-likeness (QED) is 0.359. The highest BCUT2D eigenvalue weighted by Gasteiger charge is 2.20. The fourth-order valence-electron chi connectivity index (χ4n) is 3.19. The fraction of sp³-hybridized carbons (Fsp3) is 0.409. The Morgan fingerprint density at radius 1 is 1.10 bits per heavy atom. The summed E-state index contributed by atoms with van der Waals surface area (Å²) in [5.41, 5.74) is 1.96. The van der Waals surface area contributed by atoms with Gasteiger partial charge in [-0.05, 0) is 29.8 Å². The first-order valence-corrected chi connectivity index (χ1v) is 10.1. The van der Waals surface area contributed by atoms with Crippen molar-refractivity contribution in [2.45, 2.75) is 20.4 Å². The monoisotopic (exact) mass is 522 g/mol. The number of aliphatic imine (C=N–C) groups is 1. The highest BCUT2D eigenvalue weighted by molar-refractivity contribution is 14.0. The van der Waals surface area contributed by atoms with Crippen LogP contribution in [0.15, 0.2) is 53.7 Å². The molecule has 1 aromatic heterocycles. The van der Waals surface area contributed by atoms with Crippen LogP contribution < -0.4 is 15.5 Å². The molecule has 0 spiro atoms. The maximum Gasteiger partial charge on any atom is 0.226 e. The van der Waals surface area contributed by atoms with Crippen molar-refractivity contribution in [2.75, 3.05) is 43.4 Å². The lowest BCUT2D eigenvalue weighted by molar-refractivity contribution is -0.118. The van der Waals surface area contributed by atoms with Gasteiger partial charge in [0.05, 0.1) is 0 Å². The van der Waals surface area contributed by atoms with Gasteiger partial charge in [0.15, 0.2) is 5.96 Å². The topological polar surface area (TPSA) is 72.9 Å². The molecule has 1 aliphatic heterocycles. The lowest BCUT2D eigenvalue weighted by Crippen LogP contribution is -2.52. The molecule has 162 valence electrons. The number of piperazine rings is 1. The van der Waals surface area contributed by atoms with E-state index in [0.29, 0.717) is 6.54 Å². The van der Waals surface area contributed by atoms with Gasteiger partial charge >= 0.3 is 0 Å². The van der Waals surface area contributed by atoms with Crippen molar-refractivity contribution in [1.82, 2.24) is 15.2 Å². The van der Waals surface area contributed by atoms with E-state index in [1.54, 1.807) is 0 Å². The maximum absolute atomic E-state index is 11.8. The van der Waals surface area contributed by atoms with Gasteiger partial charge in [0.25, 0.3) is 0 Å². The summed E-state index contributed by atoms with van der Waals surface area (Å²) < 4.78 is 0. The van der Waals surface area contributed by atoms with E-state index >= 15 is 0 Å². The van der Waals surface area contributed by atoms with E-state index in [9.17, 15) is 4.79 Å². The molecule has 8 heteroatoms. The maximum atomic E-state index is 11.8. The summed E-state index contributed by atoms with van der Waals surface area (Å²) in [4.78, 5) is 25.2. The summed E-state index contributed by atoms with van der Waals surface area (Å²) in [5.74, 6) is 1.93. The van der Waals surface area contributed by atoms with Crippen LogP contribution in [0.2, 0.25) is 0 Å². The number of carbonyl (C=O) groups is 1. The number of hydrogen-bond donors (Lipinski definition) is 2. The van der Waals surface area contributed by atoms with E-state index in [-0.39, 0.29) is 35.8 Å². The summed E-state index contributed by atoms with van der Waals surface area (Å²) in [7, 11) is 1.82. The number of hydrogen-bond acceptors (Lipinski definition) is 4. The molecule has 0 atom stereocenters. The second-order valence-corrected chi connectivity index (χ2v) is 7.40. The summed E-state index contributed by atoms with van der Waals surface area (Å²) in [6, 6.07) is 13.9. The van der Waals surface area contributed by atoms with E-state index in [4.69, 9.17) is 0 Å². The first-order chi connectivity index (χ1) is 14.1. The number of amides is 1. The van der Waals surface area contributed by atoms with Crippen LogP contribution in [0.4, 0.5) is 11.5 Å². The second-order valence-electron chi connectivity index (χ2n) is 7.40. The van der Waals surface area contributed by atoms with Gasteiger partial charge < -0.3 is 20.4 Å². The minimum absolute atomic E-state index is 0. The third kappa shape index (κ3) is 6.58. The molecule has 0 unspecified atom stereocenters. The molecule has 30 heavy (non-hydrogen) atoms. The Morgan fingerprint density at radius 3 is 2.37 bits per heavy atom. The predicted octanol–water partition coefficient (Wildman–Crippen LogP) is 3.19. The molecule has 1 fully saturated rings. The number of nitrogens with zero attached hydrogens (tertiary/aromatic N) is 4. The molecule has 1 aliphatic rings. The molecule has 0 aliphatic carbocycles. The van der Waals surface area contributed by atoms with E-state index in [0.717, 1.165) is 49.2 Å². The number of pyridine rings is 1.